The molecular weight excluding hydrogens is 229 g/mol. The van der Waals surface area contributed by atoms with Crippen molar-refractivity contribution in [2.45, 2.75) is 0 Å². The summed E-state index contributed by atoms with van der Waals surface area (Å²) in [4.78, 5) is 11.7. The average molecular weight is 239 g/mol. The van der Waals surface area contributed by atoms with Crippen molar-refractivity contribution < 1.29 is 9.18 Å². The van der Waals surface area contributed by atoms with Crippen LogP contribution in [0.5, 0.6) is 0 Å². The second-order valence-electron chi connectivity index (χ2n) is 3.68. The fourth-order valence-electron chi connectivity index (χ4n) is 1.44. The van der Waals surface area contributed by atoms with Crippen LogP contribution in [-0.2, 0) is 0 Å². The molecule has 0 saturated carbocycles. The third-order valence-corrected chi connectivity index (χ3v) is 2.36. The van der Waals surface area contributed by atoms with Gasteiger partial charge >= 0.3 is 0 Å². The summed E-state index contributed by atoms with van der Waals surface area (Å²) in [5.74, 6) is 4.24. The molecule has 18 heavy (non-hydrogen) atoms. The predicted octanol–water partition coefficient (Wildman–Crippen LogP) is 2.64. The number of nitrogens with two attached hydrogens (primary N) is 1. The van der Waals surface area contributed by atoms with Crippen LogP contribution >= 0.6 is 0 Å². The Labute approximate surface area is 104 Å². The van der Waals surface area contributed by atoms with Crippen molar-refractivity contribution in [1.29, 1.82) is 0 Å². The van der Waals surface area contributed by atoms with Crippen LogP contribution in [0.4, 0.5) is 10.1 Å². The number of ketones is 1. The van der Waals surface area contributed by atoms with Crippen LogP contribution in [-0.4, -0.2) is 5.78 Å². The van der Waals surface area contributed by atoms with Crippen molar-refractivity contribution in [2.75, 3.05) is 5.73 Å². The first-order valence-electron chi connectivity index (χ1n) is 5.33. The molecule has 0 unspecified atom stereocenters. The lowest BCUT2D eigenvalue weighted by Gasteiger charge is -1.95. The number of anilines is 1. The third-order valence-electron chi connectivity index (χ3n) is 2.36. The second-order valence-corrected chi connectivity index (χ2v) is 3.68. The molecule has 0 atom stereocenters. The molecule has 0 heterocycles. The molecule has 88 valence electrons. The van der Waals surface area contributed by atoms with Crippen molar-refractivity contribution in [3.05, 3.63) is 65.5 Å². The van der Waals surface area contributed by atoms with Crippen molar-refractivity contribution in [3.63, 3.8) is 0 Å². The molecule has 0 amide bonds. The summed E-state index contributed by atoms with van der Waals surface area (Å²) in [6.07, 6.45) is 0. The number of benzene rings is 2. The fourth-order valence-corrected chi connectivity index (χ4v) is 1.44. The minimum absolute atomic E-state index is 0.233. The first-order valence-corrected chi connectivity index (χ1v) is 5.33. The topological polar surface area (TPSA) is 43.1 Å². The number of hydrogen-bond donors (Lipinski definition) is 1. The normalized spacial score (nSPS) is 9.39. The minimum Gasteiger partial charge on any atom is -0.398 e. The molecule has 2 aromatic carbocycles. The number of carbonyl (C=O) groups excluding carboxylic acids is 1. The average Bonchev–Trinajstić information content (AvgIpc) is 2.37. The Kier molecular flexibility index (Phi) is 3.40. The Balaban J connectivity index is 2.26. The number of Topliss-reactive ketones (excluding diaryl/α,β-unsaturated/α-hetero) is 1. The van der Waals surface area contributed by atoms with Gasteiger partial charge in [0.15, 0.2) is 0 Å². The first-order chi connectivity index (χ1) is 8.66. The van der Waals surface area contributed by atoms with E-state index in [1.165, 1.54) is 18.2 Å². The van der Waals surface area contributed by atoms with Crippen LogP contribution in [0, 0.1) is 17.7 Å². The summed E-state index contributed by atoms with van der Waals surface area (Å²) in [7, 11) is 0. The van der Waals surface area contributed by atoms with Gasteiger partial charge in [-0.2, -0.15) is 0 Å². The SMILES string of the molecule is Nc1ccccc1C#CC(=O)c1cccc(F)c1. The molecule has 0 radical (unpaired) electrons. The highest BCUT2D eigenvalue weighted by atomic mass is 19.1. The van der Waals surface area contributed by atoms with Crippen molar-refractivity contribution in [2.24, 2.45) is 0 Å². The molecule has 2 aromatic rings. The lowest BCUT2D eigenvalue weighted by Crippen LogP contribution is -1.96. The molecular formula is C15H10FNO. The number of halogens is 1. The highest BCUT2D eigenvalue weighted by Gasteiger charge is 2.02. The molecule has 0 aliphatic heterocycles. The molecule has 2 N–H and O–H groups in total. The van der Waals surface area contributed by atoms with E-state index in [1.807, 2.05) is 0 Å². The maximum atomic E-state index is 12.9. The zero-order valence-electron chi connectivity index (χ0n) is 9.48. The smallest absolute Gasteiger partial charge is 0.236 e. The van der Waals surface area contributed by atoms with Crippen LogP contribution in [0.25, 0.3) is 0 Å². The van der Waals surface area contributed by atoms with E-state index in [4.69, 9.17) is 5.73 Å². The number of hydrogen-bond acceptors (Lipinski definition) is 2. The molecule has 0 fully saturated rings. The summed E-state index contributed by atoms with van der Waals surface area (Å²) in [6.45, 7) is 0. The molecule has 0 bridgehead atoms. The number of para-hydroxylation sites is 1. The molecule has 2 nitrogen and oxygen atoms in total. The molecule has 3 heteroatoms. The highest BCUT2D eigenvalue weighted by molar-refractivity contribution is 6.09. The first kappa shape index (κ1) is 11.9. The van der Waals surface area contributed by atoms with E-state index in [1.54, 1.807) is 24.3 Å². The predicted molar refractivity (Wildman–Crippen MR) is 68.5 cm³/mol. The molecule has 0 aromatic heterocycles. The third kappa shape index (κ3) is 2.74. The summed E-state index contributed by atoms with van der Waals surface area (Å²) in [5.41, 5.74) is 7.03. The van der Waals surface area contributed by atoms with E-state index in [2.05, 4.69) is 11.8 Å². The lowest BCUT2D eigenvalue weighted by atomic mass is 10.1. The van der Waals surface area contributed by atoms with Gasteiger partial charge in [-0.1, -0.05) is 30.2 Å². The molecule has 2 rings (SSSR count). The summed E-state index contributed by atoms with van der Waals surface area (Å²) >= 11 is 0. The van der Waals surface area contributed by atoms with Gasteiger partial charge in [-0.15, -0.1) is 0 Å². The molecule has 0 saturated heterocycles. The molecule has 0 aliphatic rings. The van der Waals surface area contributed by atoms with Gasteiger partial charge in [0, 0.05) is 16.8 Å². The highest BCUT2D eigenvalue weighted by Crippen LogP contribution is 2.09. The van der Waals surface area contributed by atoms with Gasteiger partial charge in [0.2, 0.25) is 5.78 Å². The monoisotopic (exact) mass is 239 g/mol. The minimum atomic E-state index is -0.457. The van der Waals surface area contributed by atoms with E-state index < -0.39 is 11.6 Å². The Morgan fingerprint density at radius 2 is 1.89 bits per heavy atom. The van der Waals surface area contributed by atoms with Gasteiger partial charge in [0.1, 0.15) is 5.82 Å². The Morgan fingerprint density at radius 3 is 2.61 bits per heavy atom. The molecule has 0 spiro atoms. The van der Waals surface area contributed by atoms with E-state index in [-0.39, 0.29) is 5.56 Å². The van der Waals surface area contributed by atoms with Gasteiger partial charge in [-0.3, -0.25) is 4.79 Å². The largest absolute Gasteiger partial charge is 0.398 e. The van der Waals surface area contributed by atoms with E-state index >= 15 is 0 Å². The zero-order valence-corrected chi connectivity index (χ0v) is 9.48. The van der Waals surface area contributed by atoms with Gasteiger partial charge < -0.3 is 5.73 Å². The van der Waals surface area contributed by atoms with Gasteiger partial charge in [-0.25, -0.2) is 4.39 Å². The second kappa shape index (κ2) is 5.15. The fraction of sp³-hybridized carbons (Fsp3) is 0. The Bertz CT molecular complexity index is 653. The summed E-state index contributed by atoms with van der Waals surface area (Å²) in [6, 6.07) is 12.4. The van der Waals surface area contributed by atoms with Gasteiger partial charge in [0.05, 0.1) is 0 Å². The van der Waals surface area contributed by atoms with E-state index in [9.17, 15) is 9.18 Å². The van der Waals surface area contributed by atoms with Crippen LogP contribution in [0.2, 0.25) is 0 Å². The van der Waals surface area contributed by atoms with Crippen LogP contribution in [0.1, 0.15) is 15.9 Å². The van der Waals surface area contributed by atoms with E-state index in [0.29, 0.717) is 11.3 Å². The van der Waals surface area contributed by atoms with Crippen molar-refractivity contribution in [1.82, 2.24) is 0 Å². The van der Waals surface area contributed by atoms with E-state index in [0.717, 1.165) is 6.07 Å². The number of rotatable bonds is 1. The van der Waals surface area contributed by atoms with Crippen molar-refractivity contribution >= 4 is 11.5 Å². The number of carbonyl (C=O) groups is 1. The number of nitrogen functional groups attached to an aromatic ring is 1. The van der Waals surface area contributed by atoms with Crippen molar-refractivity contribution in [3.8, 4) is 11.8 Å². The maximum Gasteiger partial charge on any atom is 0.236 e. The zero-order chi connectivity index (χ0) is 13.0. The van der Waals surface area contributed by atoms with Crippen LogP contribution in [0.3, 0.4) is 0 Å². The summed E-state index contributed by atoms with van der Waals surface area (Å²) < 4.78 is 12.9. The quantitative estimate of drug-likeness (QED) is 0.472. The Morgan fingerprint density at radius 1 is 1.11 bits per heavy atom. The summed E-state index contributed by atoms with van der Waals surface area (Å²) in [5, 5.41) is 0. The van der Waals surface area contributed by atoms with Crippen LogP contribution < -0.4 is 5.73 Å². The Hall–Kier alpha value is -2.60. The maximum absolute atomic E-state index is 12.9. The standard InChI is InChI=1S/C15H10FNO/c16-13-6-3-5-12(10-13)15(18)9-8-11-4-1-2-7-14(11)17/h1-7,10H,17H2. The van der Waals surface area contributed by atoms with Gasteiger partial charge in [-0.05, 0) is 30.2 Å². The van der Waals surface area contributed by atoms with Gasteiger partial charge in [0.25, 0.3) is 0 Å². The molecule has 0 aliphatic carbocycles. The lowest BCUT2D eigenvalue weighted by molar-refractivity contribution is 0.105. The van der Waals surface area contributed by atoms with Crippen LogP contribution in [0.15, 0.2) is 48.5 Å².